The second-order valence-electron chi connectivity index (χ2n) is 3.21. The van der Waals surface area contributed by atoms with Gasteiger partial charge in [0.1, 0.15) is 0 Å². The molecule has 82 valence electrons. The van der Waals surface area contributed by atoms with Crippen molar-refractivity contribution in [3.63, 3.8) is 0 Å². The fourth-order valence-corrected chi connectivity index (χ4v) is 1.70. The zero-order chi connectivity index (χ0) is 9.38. The maximum Gasteiger partial charge on any atom is 2.00 e. The fourth-order valence-electron chi connectivity index (χ4n) is 1.70. The molecule has 0 fully saturated rings. The van der Waals surface area contributed by atoms with Gasteiger partial charge in [-0.15, -0.1) is 0 Å². The van der Waals surface area contributed by atoms with Crippen LogP contribution in [0.25, 0.3) is 21.8 Å². The first-order valence-electron chi connectivity index (χ1n) is 4.53. The summed E-state index contributed by atoms with van der Waals surface area (Å²) in [5.41, 5.74) is 2.02. The minimum absolute atomic E-state index is 0. The molecule has 0 aliphatic rings. The Balaban J connectivity index is 0.000000853. The molecule has 2 aromatic heterocycles. The van der Waals surface area contributed by atoms with Gasteiger partial charge in [-0.2, -0.15) is 0 Å². The van der Waals surface area contributed by atoms with Crippen LogP contribution in [0.1, 0.15) is 0 Å². The predicted molar refractivity (Wildman–Crippen MR) is 57.0 cm³/mol. The van der Waals surface area contributed by atoms with Crippen LogP contribution in [0, 0.1) is 0 Å². The number of benzene rings is 1. The number of nitrogens with zero attached hydrogens (tertiary/aromatic N) is 2. The topological polar surface area (TPSA) is 25.8 Å². The van der Waals surface area contributed by atoms with E-state index >= 15 is 0 Å². The summed E-state index contributed by atoms with van der Waals surface area (Å²) >= 11 is 0. The minimum Gasteiger partial charge on any atom is -1.00 e. The van der Waals surface area contributed by atoms with E-state index in [1.54, 1.807) is 6.20 Å². The van der Waals surface area contributed by atoms with Crippen LogP contribution in [-0.2, 0) is 19.5 Å². The number of pyridine rings is 2. The molecule has 0 unspecified atom stereocenters. The van der Waals surface area contributed by atoms with Gasteiger partial charge in [-0.05, 0) is 24.3 Å². The molecule has 17 heavy (non-hydrogen) atoms. The molecule has 0 amide bonds. The monoisotopic (exact) mass is 314 g/mol. The van der Waals surface area contributed by atoms with Gasteiger partial charge in [-0.25, -0.2) is 0 Å². The Labute approximate surface area is 124 Å². The number of aromatic nitrogens is 2. The van der Waals surface area contributed by atoms with E-state index < -0.39 is 0 Å². The van der Waals surface area contributed by atoms with Gasteiger partial charge in [0.25, 0.3) is 0 Å². The molecule has 0 aliphatic heterocycles. The molecular weight excluding hydrogens is 308 g/mol. The fraction of sp³-hybridized carbons (Fsp3) is 0. The van der Waals surface area contributed by atoms with E-state index in [9.17, 15) is 0 Å². The summed E-state index contributed by atoms with van der Waals surface area (Å²) < 4.78 is 0. The summed E-state index contributed by atoms with van der Waals surface area (Å²) in [5.74, 6) is 0. The van der Waals surface area contributed by atoms with Gasteiger partial charge < -0.3 is 24.8 Å². The van der Waals surface area contributed by atoms with Crippen LogP contribution in [0.15, 0.2) is 48.8 Å². The Morgan fingerprint density at radius 2 is 1.47 bits per heavy atom. The van der Waals surface area contributed by atoms with Crippen LogP contribution in [0.5, 0.6) is 0 Å². The number of hydrogen-bond donors (Lipinski definition) is 0. The molecule has 1 aromatic carbocycles. The molecular formula is C12H8Cl2N2Zn. The normalized spacial score (nSPS) is 8.94. The van der Waals surface area contributed by atoms with Crippen molar-refractivity contribution in [2.24, 2.45) is 0 Å². The van der Waals surface area contributed by atoms with Gasteiger partial charge in [0, 0.05) is 23.2 Å². The molecule has 2 heterocycles. The number of hydrogen-bond acceptors (Lipinski definition) is 2. The van der Waals surface area contributed by atoms with Crippen molar-refractivity contribution >= 4 is 21.8 Å². The Bertz CT molecular complexity index is 561. The summed E-state index contributed by atoms with van der Waals surface area (Å²) in [5, 5.41) is 2.28. The second-order valence-corrected chi connectivity index (χ2v) is 3.21. The van der Waals surface area contributed by atoms with Crippen LogP contribution >= 0.6 is 0 Å². The molecule has 0 bridgehead atoms. The number of fused-ring (bicyclic) bond motifs is 3. The molecule has 0 aliphatic carbocycles. The largest absolute Gasteiger partial charge is 2.00 e. The van der Waals surface area contributed by atoms with Crippen LogP contribution in [0.3, 0.4) is 0 Å². The van der Waals surface area contributed by atoms with Gasteiger partial charge in [-0.1, -0.05) is 12.1 Å². The van der Waals surface area contributed by atoms with Gasteiger partial charge in [-0.3, -0.25) is 9.97 Å². The van der Waals surface area contributed by atoms with Gasteiger partial charge >= 0.3 is 19.5 Å². The molecule has 5 heteroatoms. The average Bonchev–Trinajstić information content (AvgIpc) is 2.29. The maximum absolute atomic E-state index is 4.37. The van der Waals surface area contributed by atoms with E-state index in [1.807, 2.05) is 24.4 Å². The zero-order valence-electron chi connectivity index (χ0n) is 8.98. The van der Waals surface area contributed by atoms with Crippen LogP contribution in [-0.4, -0.2) is 9.97 Å². The van der Waals surface area contributed by atoms with Crippen molar-refractivity contribution in [2.45, 2.75) is 0 Å². The van der Waals surface area contributed by atoms with E-state index in [1.165, 1.54) is 0 Å². The van der Waals surface area contributed by atoms with E-state index in [0.29, 0.717) is 0 Å². The summed E-state index contributed by atoms with van der Waals surface area (Å²) in [6.07, 6.45) is 3.62. The predicted octanol–water partition coefficient (Wildman–Crippen LogP) is -3.21. The van der Waals surface area contributed by atoms with E-state index in [4.69, 9.17) is 0 Å². The van der Waals surface area contributed by atoms with Gasteiger partial charge in [0.2, 0.25) is 0 Å². The third kappa shape index (κ3) is 2.92. The van der Waals surface area contributed by atoms with Crippen molar-refractivity contribution < 1.29 is 44.3 Å². The Morgan fingerprint density at radius 1 is 0.765 bits per heavy atom. The molecule has 0 atom stereocenters. The first-order valence-corrected chi connectivity index (χ1v) is 4.53. The second kappa shape index (κ2) is 6.85. The molecule has 3 rings (SSSR count). The summed E-state index contributed by atoms with van der Waals surface area (Å²) in [6, 6.07) is 12.1. The van der Waals surface area contributed by atoms with Crippen molar-refractivity contribution in [1.29, 1.82) is 0 Å². The smallest absolute Gasteiger partial charge is 1.00 e. The number of rotatable bonds is 0. The molecule has 0 saturated carbocycles. The van der Waals surface area contributed by atoms with Crippen LogP contribution in [0.4, 0.5) is 0 Å². The first kappa shape index (κ1) is 16.2. The summed E-state index contributed by atoms with van der Waals surface area (Å²) in [4.78, 5) is 8.66. The standard InChI is InChI=1S/C12H8N2.2ClH.Zn/c1-3-9-5-6-11-10(4-2-7-13-11)12(9)14-8-1;;;/h1-8H;2*1H;/q;;;+2/p-2. The van der Waals surface area contributed by atoms with E-state index in [-0.39, 0.29) is 44.3 Å². The van der Waals surface area contributed by atoms with Crippen molar-refractivity contribution in [3.05, 3.63) is 48.8 Å². The first-order chi connectivity index (χ1) is 6.95. The summed E-state index contributed by atoms with van der Waals surface area (Å²) in [7, 11) is 0. The number of halogens is 2. The van der Waals surface area contributed by atoms with Crippen LogP contribution in [0.2, 0.25) is 0 Å². The Kier molecular flexibility index (Phi) is 6.55. The molecule has 0 spiro atoms. The Hall–Kier alpha value is -0.757. The molecule has 0 saturated heterocycles. The quantitative estimate of drug-likeness (QED) is 0.322. The van der Waals surface area contributed by atoms with Crippen molar-refractivity contribution in [3.8, 4) is 0 Å². The maximum atomic E-state index is 4.37. The molecule has 0 radical (unpaired) electrons. The SMILES string of the molecule is [Cl-].[Cl-].[Zn+2].c1cnc2c(c1)ccc1ncccc12. The zero-order valence-corrected chi connectivity index (χ0v) is 13.5. The van der Waals surface area contributed by atoms with Crippen molar-refractivity contribution in [1.82, 2.24) is 9.97 Å². The van der Waals surface area contributed by atoms with E-state index in [0.717, 1.165) is 21.8 Å². The Morgan fingerprint density at radius 3 is 2.29 bits per heavy atom. The van der Waals surface area contributed by atoms with Gasteiger partial charge in [0.05, 0.1) is 11.0 Å². The average molecular weight is 317 g/mol. The third-order valence-corrected chi connectivity index (χ3v) is 2.35. The van der Waals surface area contributed by atoms with Crippen LogP contribution < -0.4 is 24.8 Å². The minimum atomic E-state index is 0. The van der Waals surface area contributed by atoms with E-state index in [2.05, 4.69) is 28.2 Å². The third-order valence-electron chi connectivity index (χ3n) is 2.35. The van der Waals surface area contributed by atoms with Gasteiger partial charge in [0.15, 0.2) is 0 Å². The summed E-state index contributed by atoms with van der Waals surface area (Å²) in [6.45, 7) is 0. The molecule has 2 nitrogen and oxygen atoms in total. The molecule has 3 aromatic rings. The molecule has 0 N–H and O–H groups in total. The van der Waals surface area contributed by atoms with Crippen molar-refractivity contribution in [2.75, 3.05) is 0 Å².